The number of carbonyl (C=O) groups excluding carboxylic acids is 3. The Labute approximate surface area is 201 Å². The number of carbonyl (C=O) groups is 3. The Morgan fingerprint density at radius 2 is 1.74 bits per heavy atom. The molecule has 2 aromatic carbocycles. The predicted molar refractivity (Wildman–Crippen MR) is 131 cm³/mol. The van der Waals surface area contributed by atoms with Gasteiger partial charge in [-0.05, 0) is 18.2 Å². The Morgan fingerprint density at radius 1 is 1.00 bits per heavy atom. The van der Waals surface area contributed by atoms with Crippen LogP contribution in [-0.4, -0.2) is 70.1 Å². The molecule has 172 valence electrons. The molecule has 5 rings (SSSR count). The highest BCUT2D eigenvalue weighted by Gasteiger charge is 2.35. The molecule has 1 aromatic heterocycles. The van der Waals surface area contributed by atoms with Crippen LogP contribution in [0.25, 0.3) is 10.6 Å². The van der Waals surface area contributed by atoms with E-state index in [1.54, 1.807) is 34.4 Å². The molecule has 0 saturated carbocycles. The van der Waals surface area contributed by atoms with Crippen molar-refractivity contribution in [2.45, 2.75) is 6.54 Å². The van der Waals surface area contributed by atoms with E-state index in [-0.39, 0.29) is 29.8 Å². The minimum Gasteiger partial charge on any atom is -0.336 e. The Morgan fingerprint density at radius 3 is 2.47 bits per heavy atom. The second kappa shape index (κ2) is 9.32. The maximum atomic E-state index is 13.1. The molecule has 2 aliphatic heterocycles. The van der Waals surface area contributed by atoms with E-state index in [0.717, 1.165) is 40.8 Å². The number of hydrogen-bond donors (Lipinski definition) is 0. The fourth-order valence-corrected chi connectivity index (χ4v) is 5.15. The molecular weight excluding hydrogens is 448 g/mol. The first-order valence-corrected chi connectivity index (χ1v) is 12.1. The average molecular weight is 473 g/mol. The van der Waals surface area contributed by atoms with Crippen molar-refractivity contribution >= 4 is 29.1 Å². The van der Waals surface area contributed by atoms with Crippen molar-refractivity contribution < 1.29 is 14.4 Å². The van der Waals surface area contributed by atoms with Gasteiger partial charge in [-0.25, -0.2) is 4.98 Å². The standard InChI is InChI=1S/C26H24N4O3S/c1-2-10-30-25(32)21-9-8-19(15-22(21)26(30)33)24(31)29-13-11-28(12-14-29)16-20-17-34-23(27-20)18-6-4-3-5-7-18/h2-9,15,17H,1,10-14,16H2. The molecule has 1 saturated heterocycles. The van der Waals surface area contributed by atoms with E-state index in [0.29, 0.717) is 24.2 Å². The van der Waals surface area contributed by atoms with Crippen LogP contribution in [0.15, 0.2) is 66.6 Å². The lowest BCUT2D eigenvalue weighted by Crippen LogP contribution is -2.48. The molecule has 2 aliphatic rings. The van der Waals surface area contributed by atoms with Gasteiger partial charge in [0.15, 0.2) is 0 Å². The highest BCUT2D eigenvalue weighted by molar-refractivity contribution is 7.13. The first kappa shape index (κ1) is 22.2. The van der Waals surface area contributed by atoms with Crippen LogP contribution in [-0.2, 0) is 6.54 Å². The van der Waals surface area contributed by atoms with Crippen LogP contribution in [0.2, 0.25) is 0 Å². The predicted octanol–water partition coefficient (Wildman–Crippen LogP) is 3.55. The number of piperazine rings is 1. The van der Waals surface area contributed by atoms with Crippen LogP contribution in [0.1, 0.15) is 36.8 Å². The van der Waals surface area contributed by atoms with Crippen molar-refractivity contribution in [3.8, 4) is 10.6 Å². The lowest BCUT2D eigenvalue weighted by atomic mass is 10.0. The van der Waals surface area contributed by atoms with Crippen molar-refractivity contribution in [1.29, 1.82) is 0 Å². The van der Waals surface area contributed by atoms with Gasteiger partial charge in [-0.3, -0.25) is 24.2 Å². The van der Waals surface area contributed by atoms with Gasteiger partial charge in [-0.1, -0.05) is 36.4 Å². The van der Waals surface area contributed by atoms with E-state index in [2.05, 4.69) is 29.0 Å². The number of imide groups is 1. The zero-order valence-corrected chi connectivity index (χ0v) is 19.5. The van der Waals surface area contributed by atoms with Crippen molar-refractivity contribution in [3.05, 3.63) is 89.0 Å². The van der Waals surface area contributed by atoms with Gasteiger partial charge in [0.1, 0.15) is 5.01 Å². The highest BCUT2D eigenvalue weighted by Crippen LogP contribution is 2.26. The van der Waals surface area contributed by atoms with Gasteiger partial charge in [0.05, 0.1) is 16.8 Å². The molecule has 8 heteroatoms. The number of amides is 3. The summed E-state index contributed by atoms with van der Waals surface area (Å²) in [6.45, 7) is 7.20. The maximum absolute atomic E-state index is 13.1. The van der Waals surface area contributed by atoms with Crippen LogP contribution in [0.3, 0.4) is 0 Å². The fourth-order valence-electron chi connectivity index (χ4n) is 4.33. The Balaban J connectivity index is 1.20. The summed E-state index contributed by atoms with van der Waals surface area (Å²) >= 11 is 1.64. The summed E-state index contributed by atoms with van der Waals surface area (Å²) in [6.07, 6.45) is 1.52. The van der Waals surface area contributed by atoms with Crippen molar-refractivity contribution in [1.82, 2.24) is 19.7 Å². The van der Waals surface area contributed by atoms with E-state index in [9.17, 15) is 14.4 Å². The van der Waals surface area contributed by atoms with Crippen LogP contribution in [0, 0.1) is 0 Å². The van der Waals surface area contributed by atoms with E-state index in [1.807, 2.05) is 18.2 Å². The molecule has 0 radical (unpaired) electrons. The third-order valence-corrected chi connectivity index (χ3v) is 7.09. The van der Waals surface area contributed by atoms with E-state index in [1.165, 1.54) is 6.08 Å². The highest BCUT2D eigenvalue weighted by atomic mass is 32.1. The maximum Gasteiger partial charge on any atom is 0.261 e. The van der Waals surface area contributed by atoms with Gasteiger partial charge >= 0.3 is 0 Å². The molecule has 0 atom stereocenters. The summed E-state index contributed by atoms with van der Waals surface area (Å²) in [4.78, 5) is 48.1. The lowest BCUT2D eigenvalue weighted by Gasteiger charge is -2.34. The first-order valence-electron chi connectivity index (χ1n) is 11.2. The van der Waals surface area contributed by atoms with Gasteiger partial charge in [0.2, 0.25) is 0 Å². The minimum atomic E-state index is -0.377. The second-order valence-corrected chi connectivity index (χ2v) is 9.21. The normalized spacial score (nSPS) is 16.1. The number of nitrogens with zero attached hydrogens (tertiary/aromatic N) is 4. The molecule has 7 nitrogen and oxygen atoms in total. The SMILES string of the molecule is C=CCN1C(=O)c2ccc(C(=O)N3CCN(Cc4csc(-c5ccccc5)n4)CC3)cc2C1=O. The summed E-state index contributed by atoms with van der Waals surface area (Å²) in [5.41, 5.74) is 3.21. The molecule has 3 amide bonds. The summed E-state index contributed by atoms with van der Waals surface area (Å²) in [5.74, 6) is -0.840. The molecular formula is C26H24N4O3S. The van der Waals surface area contributed by atoms with E-state index >= 15 is 0 Å². The molecule has 0 aliphatic carbocycles. The summed E-state index contributed by atoms with van der Waals surface area (Å²) in [7, 11) is 0. The number of benzene rings is 2. The summed E-state index contributed by atoms with van der Waals surface area (Å²) < 4.78 is 0. The fraction of sp³-hybridized carbons (Fsp3) is 0.231. The van der Waals surface area contributed by atoms with Crippen molar-refractivity contribution in [2.24, 2.45) is 0 Å². The molecule has 0 unspecified atom stereocenters. The molecule has 34 heavy (non-hydrogen) atoms. The lowest BCUT2D eigenvalue weighted by molar-refractivity contribution is 0.0626. The summed E-state index contributed by atoms with van der Waals surface area (Å²) in [5, 5.41) is 3.11. The second-order valence-electron chi connectivity index (χ2n) is 8.35. The topological polar surface area (TPSA) is 73.8 Å². The number of thiazole rings is 1. The van der Waals surface area contributed by atoms with Gasteiger partial charge in [-0.15, -0.1) is 17.9 Å². The molecule has 3 heterocycles. The van der Waals surface area contributed by atoms with E-state index < -0.39 is 0 Å². The number of rotatable bonds is 6. The smallest absolute Gasteiger partial charge is 0.261 e. The van der Waals surface area contributed by atoms with E-state index in [4.69, 9.17) is 4.98 Å². The zero-order valence-electron chi connectivity index (χ0n) is 18.6. The van der Waals surface area contributed by atoms with Gasteiger partial charge in [0.25, 0.3) is 17.7 Å². The molecule has 3 aromatic rings. The molecule has 0 bridgehead atoms. The Kier molecular flexibility index (Phi) is 6.08. The van der Waals surface area contributed by atoms with Crippen LogP contribution in [0.4, 0.5) is 0 Å². The van der Waals surface area contributed by atoms with Gasteiger partial charge < -0.3 is 4.90 Å². The largest absolute Gasteiger partial charge is 0.336 e. The molecule has 1 fully saturated rings. The van der Waals surface area contributed by atoms with Gasteiger partial charge in [0, 0.05) is 55.8 Å². The van der Waals surface area contributed by atoms with Gasteiger partial charge in [-0.2, -0.15) is 0 Å². The number of hydrogen-bond acceptors (Lipinski definition) is 6. The quantitative estimate of drug-likeness (QED) is 0.405. The molecule has 0 N–H and O–H groups in total. The zero-order chi connectivity index (χ0) is 23.7. The van der Waals surface area contributed by atoms with Crippen molar-refractivity contribution in [2.75, 3.05) is 32.7 Å². The van der Waals surface area contributed by atoms with Crippen molar-refractivity contribution in [3.63, 3.8) is 0 Å². The van der Waals surface area contributed by atoms with Crippen LogP contribution in [0.5, 0.6) is 0 Å². The van der Waals surface area contributed by atoms with Crippen LogP contribution < -0.4 is 0 Å². The summed E-state index contributed by atoms with van der Waals surface area (Å²) in [6, 6.07) is 14.9. The Bertz CT molecular complexity index is 1260. The molecule has 0 spiro atoms. The average Bonchev–Trinajstić information content (AvgIpc) is 3.43. The number of aromatic nitrogens is 1. The Hall–Kier alpha value is -3.62. The van der Waals surface area contributed by atoms with Crippen LogP contribution >= 0.6 is 11.3 Å². The minimum absolute atomic E-state index is 0.120. The monoisotopic (exact) mass is 472 g/mol. The third-order valence-electron chi connectivity index (χ3n) is 6.15. The third kappa shape index (κ3) is 4.18. The number of fused-ring (bicyclic) bond motifs is 1. The first-order chi connectivity index (χ1) is 16.5.